The van der Waals surface area contributed by atoms with E-state index in [0.717, 1.165) is 5.69 Å². The number of amides is 2. The maximum absolute atomic E-state index is 13.3. The fourth-order valence-corrected chi connectivity index (χ4v) is 4.48. The number of piperidine rings is 1. The van der Waals surface area contributed by atoms with Crippen molar-refractivity contribution in [2.75, 3.05) is 24.1 Å². The number of alkyl halides is 7. The van der Waals surface area contributed by atoms with Crippen LogP contribution < -0.4 is 15.5 Å². The summed E-state index contributed by atoms with van der Waals surface area (Å²) in [6.07, 6.45) is -9.80. The fourth-order valence-electron chi connectivity index (χ4n) is 4.36. The average molecular weight is 552 g/mol. The lowest BCUT2D eigenvalue weighted by Gasteiger charge is -2.49. The summed E-state index contributed by atoms with van der Waals surface area (Å²) in [5, 5.41) is 5.33. The summed E-state index contributed by atoms with van der Waals surface area (Å²) >= 11 is 5.55. The van der Waals surface area contributed by atoms with Gasteiger partial charge < -0.3 is 20.3 Å². The Morgan fingerprint density at radius 1 is 1.11 bits per heavy atom. The molecule has 0 aromatic heterocycles. The number of ether oxygens (including phenoxy) is 1. The van der Waals surface area contributed by atoms with Gasteiger partial charge in [-0.2, -0.15) is 26.3 Å². The Balaban J connectivity index is 1.82. The average Bonchev–Trinajstić information content (AvgIpc) is 2.83. The Morgan fingerprint density at radius 2 is 1.70 bits per heavy atom. The second kappa shape index (κ2) is 11.4. The van der Waals surface area contributed by atoms with Crippen molar-refractivity contribution in [1.82, 2.24) is 10.6 Å². The van der Waals surface area contributed by atoms with Crippen molar-refractivity contribution < 1.29 is 35.9 Å². The molecule has 204 valence electrons. The molecule has 1 saturated heterocycles. The molecule has 0 saturated carbocycles. The maximum Gasteiger partial charge on any atom is 0.416 e. The summed E-state index contributed by atoms with van der Waals surface area (Å²) in [6.45, 7) is 3.78. The predicted octanol–water partition coefficient (Wildman–Crippen LogP) is 6.73. The molecule has 2 N–H and O–H groups in total. The van der Waals surface area contributed by atoms with E-state index in [4.69, 9.17) is 16.3 Å². The van der Waals surface area contributed by atoms with Crippen LogP contribution in [0.1, 0.15) is 49.5 Å². The van der Waals surface area contributed by atoms with Gasteiger partial charge in [0.1, 0.15) is 0 Å². The van der Waals surface area contributed by atoms with E-state index in [9.17, 15) is 31.1 Å². The van der Waals surface area contributed by atoms with Crippen LogP contribution in [0.15, 0.2) is 48.5 Å². The summed E-state index contributed by atoms with van der Waals surface area (Å²) < 4.78 is 85.7. The molecule has 1 aliphatic heterocycles. The van der Waals surface area contributed by atoms with Crippen LogP contribution in [0.3, 0.4) is 0 Å². The molecule has 2 aromatic rings. The summed E-state index contributed by atoms with van der Waals surface area (Å²) in [4.78, 5) is 14.0. The molecule has 1 heterocycles. The highest BCUT2D eigenvalue weighted by Crippen LogP contribution is 2.39. The van der Waals surface area contributed by atoms with Crippen molar-refractivity contribution in [2.45, 2.75) is 56.7 Å². The molecule has 0 radical (unpaired) electrons. The Morgan fingerprint density at radius 3 is 2.24 bits per heavy atom. The van der Waals surface area contributed by atoms with E-state index in [2.05, 4.69) is 10.6 Å². The number of rotatable bonds is 7. The quantitative estimate of drug-likeness (QED) is 0.228. The highest BCUT2D eigenvalue weighted by molar-refractivity contribution is 6.18. The number of nitrogens with one attached hydrogen (secondary N) is 2. The first-order valence-electron chi connectivity index (χ1n) is 11.6. The smallest absolute Gasteiger partial charge is 0.371 e. The number of carbonyl (C=O) groups is 1. The Bertz CT molecular complexity index is 1030. The highest BCUT2D eigenvalue weighted by atomic mass is 35.5. The topological polar surface area (TPSA) is 53.6 Å². The van der Waals surface area contributed by atoms with Crippen LogP contribution in [0.2, 0.25) is 0 Å². The number of nitrogens with zero attached hydrogens (tertiary/aromatic N) is 1. The zero-order valence-electron chi connectivity index (χ0n) is 20.2. The largest absolute Gasteiger partial charge is 0.416 e. The fraction of sp³-hybridized carbons (Fsp3) is 0.480. The lowest BCUT2D eigenvalue weighted by atomic mass is 9.86. The second-order valence-electron chi connectivity index (χ2n) is 9.26. The van der Waals surface area contributed by atoms with Crippen LogP contribution in [0, 0.1) is 0 Å². The van der Waals surface area contributed by atoms with Gasteiger partial charge in [-0.15, -0.1) is 11.6 Å². The number of anilines is 1. The Kier molecular flexibility index (Phi) is 8.89. The standard InChI is InChI=1S/C25H28ClF6N3O2/c1-16(17-10-18(24(27,28)29)12-19(11-17)25(30,31)32)37-14-23(2)9-8-20(34-22(36)33-15-26)13-35(23)21-6-4-3-5-7-21/h3-7,10-12,16,20H,8-9,13-15H2,1-2H3,(H2,33,34,36)/t16?,20-,23?/m0/s1. The van der Waals surface area contributed by atoms with Crippen LogP contribution in [0.5, 0.6) is 0 Å². The zero-order chi connectivity index (χ0) is 27.4. The number of hydrogen-bond acceptors (Lipinski definition) is 3. The van der Waals surface area contributed by atoms with Crippen molar-refractivity contribution in [3.05, 3.63) is 65.2 Å². The first-order chi connectivity index (χ1) is 17.2. The molecule has 2 unspecified atom stereocenters. The van der Waals surface area contributed by atoms with Crippen LogP contribution >= 0.6 is 11.6 Å². The highest BCUT2D eigenvalue weighted by Gasteiger charge is 2.40. The van der Waals surface area contributed by atoms with Gasteiger partial charge in [0.2, 0.25) is 0 Å². The molecule has 2 amide bonds. The molecule has 12 heteroatoms. The van der Waals surface area contributed by atoms with Gasteiger partial charge in [0.05, 0.1) is 35.4 Å². The number of urea groups is 1. The summed E-state index contributed by atoms with van der Waals surface area (Å²) in [6, 6.07) is 10.1. The third-order valence-corrected chi connectivity index (χ3v) is 6.57. The molecule has 2 aromatic carbocycles. The normalized spacial score (nSPS) is 21.4. The van der Waals surface area contributed by atoms with Gasteiger partial charge in [-0.1, -0.05) is 18.2 Å². The molecule has 3 rings (SSSR count). The number of benzene rings is 2. The minimum absolute atomic E-state index is 0.0290. The van der Waals surface area contributed by atoms with Gasteiger partial charge in [-0.3, -0.25) is 0 Å². The van der Waals surface area contributed by atoms with Gasteiger partial charge in [0.15, 0.2) is 0 Å². The summed E-state index contributed by atoms with van der Waals surface area (Å²) in [5.41, 5.74) is -2.79. The molecule has 1 aliphatic rings. The summed E-state index contributed by atoms with van der Waals surface area (Å²) in [7, 11) is 0. The van der Waals surface area contributed by atoms with E-state index < -0.39 is 41.2 Å². The van der Waals surface area contributed by atoms with E-state index in [1.54, 1.807) is 0 Å². The number of para-hydroxylation sites is 1. The molecule has 0 spiro atoms. The third-order valence-electron chi connectivity index (χ3n) is 6.44. The van der Waals surface area contributed by atoms with Gasteiger partial charge in [0, 0.05) is 18.3 Å². The molecule has 3 atom stereocenters. The van der Waals surface area contributed by atoms with Crippen molar-refractivity contribution in [3.63, 3.8) is 0 Å². The SMILES string of the molecule is CC(OCC1(C)CC[C@H](NC(=O)NCCl)CN1c1ccccc1)c1cc(C(F)(F)F)cc(C(F)(F)F)c1. The number of halogens is 7. The second-order valence-corrected chi connectivity index (χ2v) is 9.52. The van der Waals surface area contributed by atoms with Gasteiger partial charge >= 0.3 is 18.4 Å². The zero-order valence-corrected chi connectivity index (χ0v) is 21.0. The van der Waals surface area contributed by atoms with Gasteiger partial charge in [-0.05, 0) is 62.6 Å². The van der Waals surface area contributed by atoms with Crippen LogP contribution in [0.4, 0.5) is 36.8 Å². The van der Waals surface area contributed by atoms with Crippen molar-refractivity contribution in [3.8, 4) is 0 Å². The lowest BCUT2D eigenvalue weighted by molar-refractivity contribution is -0.143. The monoisotopic (exact) mass is 551 g/mol. The van der Waals surface area contributed by atoms with E-state index >= 15 is 0 Å². The first-order valence-corrected chi connectivity index (χ1v) is 12.1. The number of hydrogen-bond donors (Lipinski definition) is 2. The minimum atomic E-state index is -4.94. The molecular weight excluding hydrogens is 524 g/mol. The lowest BCUT2D eigenvalue weighted by Crippen LogP contribution is -2.60. The molecule has 0 bridgehead atoms. The Hall–Kier alpha value is -2.66. The van der Waals surface area contributed by atoms with E-state index in [0.29, 0.717) is 31.5 Å². The van der Waals surface area contributed by atoms with Crippen molar-refractivity contribution in [1.29, 1.82) is 0 Å². The van der Waals surface area contributed by atoms with Crippen LogP contribution in [0.25, 0.3) is 0 Å². The molecule has 1 fully saturated rings. The maximum atomic E-state index is 13.3. The minimum Gasteiger partial charge on any atom is -0.371 e. The molecule has 37 heavy (non-hydrogen) atoms. The van der Waals surface area contributed by atoms with Crippen molar-refractivity contribution >= 4 is 23.3 Å². The van der Waals surface area contributed by atoms with E-state index in [1.807, 2.05) is 42.2 Å². The molecule has 0 aliphatic carbocycles. The van der Waals surface area contributed by atoms with Gasteiger partial charge in [0.25, 0.3) is 0 Å². The molecule has 5 nitrogen and oxygen atoms in total. The summed E-state index contributed by atoms with van der Waals surface area (Å²) in [5.74, 6) is 0. The van der Waals surface area contributed by atoms with Crippen LogP contribution in [-0.4, -0.2) is 36.8 Å². The predicted molar refractivity (Wildman–Crippen MR) is 128 cm³/mol. The van der Waals surface area contributed by atoms with Crippen molar-refractivity contribution in [2.24, 2.45) is 0 Å². The first kappa shape index (κ1) is 28.9. The number of carbonyl (C=O) groups excluding carboxylic acids is 1. The van der Waals surface area contributed by atoms with E-state index in [-0.39, 0.29) is 30.3 Å². The van der Waals surface area contributed by atoms with Gasteiger partial charge in [-0.25, -0.2) is 4.79 Å². The van der Waals surface area contributed by atoms with E-state index in [1.165, 1.54) is 6.92 Å². The third kappa shape index (κ3) is 7.44. The Labute approximate surface area is 216 Å². The molecular formula is C25H28ClF6N3O2. The van der Waals surface area contributed by atoms with Crippen LogP contribution in [-0.2, 0) is 17.1 Å².